The molecule has 18 heavy (non-hydrogen) atoms. The van der Waals surface area contributed by atoms with Crippen molar-refractivity contribution in [1.82, 2.24) is 15.2 Å². The van der Waals surface area contributed by atoms with Crippen LogP contribution in [0.2, 0.25) is 0 Å². The molecule has 6 nitrogen and oxygen atoms in total. The first-order valence-electron chi connectivity index (χ1n) is 5.02. The third kappa shape index (κ3) is 2.83. The number of nitrogens with one attached hydrogen (secondary N) is 1. The number of aromatic nitrogens is 3. The number of nitrogens with zero attached hydrogens (tertiary/aromatic N) is 3. The Kier molecular flexibility index (Phi) is 3.54. The van der Waals surface area contributed by atoms with E-state index in [1.165, 1.54) is 12.4 Å². The maximum absolute atomic E-state index is 11.9. The van der Waals surface area contributed by atoms with E-state index < -0.39 is 0 Å². The molecule has 2 rings (SSSR count). The molecule has 0 spiro atoms. The van der Waals surface area contributed by atoms with Crippen molar-refractivity contribution in [2.75, 3.05) is 5.32 Å². The van der Waals surface area contributed by atoms with Gasteiger partial charge in [-0.1, -0.05) is 24.4 Å². The lowest BCUT2D eigenvalue weighted by Gasteiger charge is -2.04. The summed E-state index contributed by atoms with van der Waals surface area (Å²) in [7, 11) is 0. The lowest BCUT2D eigenvalue weighted by atomic mass is 10.1. The average Bonchev–Trinajstić information content (AvgIpc) is 2.40. The fraction of sp³-hybridized carbons (Fsp3) is 0. The number of nitrogens with two attached hydrogens (primary N) is 1. The SMILES string of the molecule is NC(=S)c1cccc(C(=O)Nc2nccnn2)c1. The highest BCUT2D eigenvalue weighted by molar-refractivity contribution is 7.80. The molecule has 0 aliphatic heterocycles. The predicted octanol–water partition coefficient (Wildman–Crippen LogP) is 0.758. The molecule has 1 aromatic heterocycles. The van der Waals surface area contributed by atoms with Gasteiger partial charge in [0.15, 0.2) is 0 Å². The minimum Gasteiger partial charge on any atom is -0.389 e. The highest BCUT2D eigenvalue weighted by Crippen LogP contribution is 2.07. The van der Waals surface area contributed by atoms with Gasteiger partial charge in [0, 0.05) is 11.1 Å². The Balaban J connectivity index is 2.19. The largest absolute Gasteiger partial charge is 0.389 e. The molecule has 2 aromatic rings. The molecule has 1 aromatic carbocycles. The normalized spacial score (nSPS) is 9.78. The van der Waals surface area contributed by atoms with Gasteiger partial charge in [0.25, 0.3) is 5.91 Å². The lowest BCUT2D eigenvalue weighted by molar-refractivity contribution is 0.102. The molecule has 0 aliphatic rings. The Morgan fingerprint density at radius 3 is 2.72 bits per heavy atom. The molecule has 0 saturated heterocycles. The quantitative estimate of drug-likeness (QED) is 0.790. The van der Waals surface area contributed by atoms with Gasteiger partial charge >= 0.3 is 0 Å². The van der Waals surface area contributed by atoms with E-state index in [2.05, 4.69) is 20.5 Å². The summed E-state index contributed by atoms with van der Waals surface area (Å²) in [6.45, 7) is 0. The molecular formula is C11H9N5OS. The van der Waals surface area contributed by atoms with Gasteiger partial charge in [-0.25, -0.2) is 4.98 Å². The number of hydrogen-bond acceptors (Lipinski definition) is 5. The first-order valence-corrected chi connectivity index (χ1v) is 5.42. The molecule has 3 N–H and O–H groups in total. The molecule has 0 radical (unpaired) electrons. The van der Waals surface area contributed by atoms with Gasteiger partial charge in [-0.2, -0.15) is 5.10 Å². The van der Waals surface area contributed by atoms with Crippen molar-refractivity contribution in [2.24, 2.45) is 5.73 Å². The van der Waals surface area contributed by atoms with Crippen LogP contribution in [0.5, 0.6) is 0 Å². The van der Waals surface area contributed by atoms with Crippen LogP contribution in [0.3, 0.4) is 0 Å². The summed E-state index contributed by atoms with van der Waals surface area (Å²) in [5, 5.41) is 9.78. The van der Waals surface area contributed by atoms with Gasteiger partial charge in [0.1, 0.15) is 4.99 Å². The van der Waals surface area contributed by atoms with Gasteiger partial charge in [0.2, 0.25) is 5.95 Å². The van der Waals surface area contributed by atoms with Crippen LogP contribution < -0.4 is 11.1 Å². The third-order valence-corrected chi connectivity index (χ3v) is 2.35. The Morgan fingerprint density at radius 2 is 2.06 bits per heavy atom. The Hall–Kier alpha value is -2.41. The second-order valence-electron chi connectivity index (χ2n) is 3.37. The molecule has 90 valence electrons. The van der Waals surface area contributed by atoms with E-state index in [0.29, 0.717) is 11.1 Å². The number of anilines is 1. The van der Waals surface area contributed by atoms with Crippen LogP contribution in [0.15, 0.2) is 36.7 Å². The fourth-order valence-electron chi connectivity index (χ4n) is 1.29. The van der Waals surface area contributed by atoms with Crippen LogP contribution in [0.4, 0.5) is 5.95 Å². The van der Waals surface area contributed by atoms with Crippen molar-refractivity contribution in [3.05, 3.63) is 47.8 Å². The van der Waals surface area contributed by atoms with Crippen LogP contribution in [0.25, 0.3) is 0 Å². The average molecular weight is 259 g/mol. The summed E-state index contributed by atoms with van der Waals surface area (Å²) in [4.78, 5) is 16.0. The van der Waals surface area contributed by atoms with Gasteiger partial charge in [-0.3, -0.25) is 10.1 Å². The maximum atomic E-state index is 11.9. The summed E-state index contributed by atoms with van der Waals surface area (Å²) in [6.07, 6.45) is 2.86. The highest BCUT2D eigenvalue weighted by atomic mass is 32.1. The number of carbonyl (C=O) groups excluding carboxylic acids is 1. The van der Waals surface area contributed by atoms with Gasteiger partial charge in [-0.05, 0) is 12.1 Å². The van der Waals surface area contributed by atoms with E-state index in [0.717, 1.165) is 0 Å². The van der Waals surface area contributed by atoms with Crippen molar-refractivity contribution in [1.29, 1.82) is 0 Å². The first-order chi connectivity index (χ1) is 8.66. The van der Waals surface area contributed by atoms with E-state index in [1.807, 2.05) is 0 Å². The van der Waals surface area contributed by atoms with Crippen LogP contribution in [0, 0.1) is 0 Å². The topological polar surface area (TPSA) is 93.8 Å². The van der Waals surface area contributed by atoms with Gasteiger partial charge in [-0.15, -0.1) is 5.10 Å². The second kappa shape index (κ2) is 5.28. The fourth-order valence-corrected chi connectivity index (χ4v) is 1.42. The van der Waals surface area contributed by atoms with Crippen molar-refractivity contribution in [3.8, 4) is 0 Å². The summed E-state index contributed by atoms with van der Waals surface area (Å²) in [5.74, 6) is -0.204. The Labute approximate surface area is 108 Å². The number of rotatable bonds is 3. The highest BCUT2D eigenvalue weighted by Gasteiger charge is 2.08. The van der Waals surface area contributed by atoms with Crippen LogP contribution in [-0.4, -0.2) is 26.1 Å². The van der Waals surface area contributed by atoms with Crippen LogP contribution >= 0.6 is 12.2 Å². The summed E-state index contributed by atoms with van der Waals surface area (Å²) in [6, 6.07) is 6.69. The zero-order valence-corrected chi connectivity index (χ0v) is 10.0. The number of carbonyl (C=O) groups is 1. The number of benzene rings is 1. The van der Waals surface area contributed by atoms with Crippen molar-refractivity contribution < 1.29 is 4.79 Å². The van der Waals surface area contributed by atoms with Crippen LogP contribution in [0.1, 0.15) is 15.9 Å². The number of hydrogen-bond donors (Lipinski definition) is 2. The lowest BCUT2D eigenvalue weighted by Crippen LogP contribution is -2.16. The van der Waals surface area contributed by atoms with Crippen molar-refractivity contribution in [2.45, 2.75) is 0 Å². The minimum atomic E-state index is -0.346. The Morgan fingerprint density at radius 1 is 1.28 bits per heavy atom. The molecule has 1 heterocycles. The van der Waals surface area contributed by atoms with Gasteiger partial charge in [0.05, 0.1) is 12.4 Å². The molecule has 0 atom stereocenters. The van der Waals surface area contributed by atoms with E-state index in [9.17, 15) is 4.79 Å². The standard InChI is InChI=1S/C11H9N5OS/c12-9(18)7-2-1-3-8(6-7)10(17)15-11-13-4-5-14-16-11/h1-6H,(H2,12,18)(H,13,15,16,17). The summed E-state index contributed by atoms with van der Waals surface area (Å²) >= 11 is 4.85. The predicted molar refractivity (Wildman–Crippen MR) is 70.1 cm³/mol. The molecule has 0 saturated carbocycles. The summed E-state index contributed by atoms with van der Waals surface area (Å²) in [5.41, 5.74) is 6.55. The van der Waals surface area contributed by atoms with Crippen molar-refractivity contribution in [3.63, 3.8) is 0 Å². The molecule has 0 unspecified atom stereocenters. The van der Waals surface area contributed by atoms with Crippen molar-refractivity contribution >= 4 is 29.1 Å². The first kappa shape index (κ1) is 12.1. The molecule has 0 bridgehead atoms. The summed E-state index contributed by atoms with van der Waals surface area (Å²) < 4.78 is 0. The maximum Gasteiger partial charge on any atom is 0.258 e. The molecule has 1 amide bonds. The van der Waals surface area contributed by atoms with Gasteiger partial charge < -0.3 is 5.73 Å². The number of thiocarbonyl (C=S) groups is 1. The monoisotopic (exact) mass is 259 g/mol. The molecule has 0 fully saturated rings. The molecule has 7 heteroatoms. The van der Waals surface area contributed by atoms with E-state index in [4.69, 9.17) is 18.0 Å². The smallest absolute Gasteiger partial charge is 0.258 e. The second-order valence-corrected chi connectivity index (χ2v) is 3.81. The van der Waals surface area contributed by atoms with E-state index in [1.54, 1.807) is 24.3 Å². The number of amides is 1. The van der Waals surface area contributed by atoms with E-state index in [-0.39, 0.29) is 16.8 Å². The Bertz CT molecular complexity index is 587. The molecular weight excluding hydrogens is 250 g/mol. The van der Waals surface area contributed by atoms with E-state index >= 15 is 0 Å². The molecule has 0 aliphatic carbocycles. The third-order valence-electron chi connectivity index (χ3n) is 2.12. The zero-order valence-electron chi connectivity index (χ0n) is 9.20. The zero-order chi connectivity index (χ0) is 13.0. The minimum absolute atomic E-state index is 0.142. The van der Waals surface area contributed by atoms with Crippen LogP contribution in [-0.2, 0) is 0 Å².